The molecule has 8 heteroatoms. The standard InChI is InChI=1S/C35H53N3O5/c1-20-7-10-35(36-15-20)21(2)31-27(43-35)12-26-24-6-5-22-11-23(8-9-32(22,3)25(24)13-28(39)33(26,31)4)37-29(40)14-30(41)38-16-34(17-38)18-42-19-34/h20-27,31,36H,5-19H2,1-4H3,(H,37,40)/t20-,21+,22+,23?,24-,25+,26+,27+,31+,32+,33-,35-/m1/s1. The second kappa shape index (κ2) is 9.75. The number of carbonyl (C=O) groups excluding carboxylic acids is 3. The Bertz CT molecular complexity index is 1190. The first-order valence-electron chi connectivity index (χ1n) is 17.6. The van der Waals surface area contributed by atoms with E-state index in [-0.39, 0.29) is 52.4 Å². The number of amides is 2. The number of nitrogens with zero attached hydrogens (tertiary/aromatic N) is 1. The molecule has 4 aliphatic heterocycles. The van der Waals surface area contributed by atoms with Crippen LogP contribution in [-0.4, -0.2) is 73.2 Å². The smallest absolute Gasteiger partial charge is 0.232 e. The third kappa shape index (κ3) is 4.13. The summed E-state index contributed by atoms with van der Waals surface area (Å²) in [7, 11) is 0. The van der Waals surface area contributed by atoms with E-state index in [2.05, 4.69) is 38.3 Å². The van der Waals surface area contributed by atoms with Crippen molar-refractivity contribution in [3.63, 3.8) is 0 Å². The van der Waals surface area contributed by atoms with Crippen LogP contribution in [0, 0.1) is 57.7 Å². The summed E-state index contributed by atoms with van der Waals surface area (Å²) in [5.41, 5.74) is -0.206. The zero-order valence-electron chi connectivity index (χ0n) is 26.8. The van der Waals surface area contributed by atoms with Gasteiger partial charge in [-0.1, -0.05) is 27.7 Å². The second-order valence-corrected chi connectivity index (χ2v) is 17.1. The van der Waals surface area contributed by atoms with E-state index in [4.69, 9.17) is 9.47 Å². The van der Waals surface area contributed by atoms with Crippen molar-refractivity contribution in [3.8, 4) is 0 Å². The minimum atomic E-state index is -0.276. The van der Waals surface area contributed by atoms with Crippen LogP contribution in [0.1, 0.15) is 91.9 Å². The van der Waals surface area contributed by atoms with E-state index in [1.165, 1.54) is 19.3 Å². The fourth-order valence-corrected chi connectivity index (χ4v) is 12.3. The van der Waals surface area contributed by atoms with Gasteiger partial charge in [0.25, 0.3) is 0 Å². The highest BCUT2D eigenvalue weighted by atomic mass is 16.5. The number of carbonyl (C=O) groups is 3. The number of nitrogens with one attached hydrogen (secondary N) is 2. The molecule has 2 amide bonds. The minimum absolute atomic E-state index is 0.0481. The monoisotopic (exact) mass is 595 g/mol. The maximum absolute atomic E-state index is 14.4. The number of rotatable bonds is 3. The van der Waals surface area contributed by atoms with E-state index in [1.54, 1.807) is 0 Å². The van der Waals surface area contributed by atoms with Crippen LogP contribution in [0.3, 0.4) is 0 Å². The Kier molecular flexibility index (Phi) is 6.56. The van der Waals surface area contributed by atoms with Gasteiger partial charge in [0.15, 0.2) is 0 Å². The fourth-order valence-electron chi connectivity index (χ4n) is 12.3. The molecule has 8 nitrogen and oxygen atoms in total. The predicted octanol–water partition coefficient (Wildman–Crippen LogP) is 3.92. The van der Waals surface area contributed by atoms with Gasteiger partial charge in [-0.15, -0.1) is 0 Å². The van der Waals surface area contributed by atoms with Crippen LogP contribution >= 0.6 is 0 Å². The van der Waals surface area contributed by atoms with Crippen molar-refractivity contribution < 1.29 is 23.9 Å². The third-order valence-electron chi connectivity index (χ3n) is 14.9. The molecule has 1 unspecified atom stereocenters. The topological polar surface area (TPSA) is 97.0 Å². The SMILES string of the molecule is C[C@@H]1CC[C@@]2(NC1)O[C@H]1C[C@H]3[C@@H]4CC[C@H]5CC(NC(=O)CC(=O)N6CC7(COC7)C6)CC[C@]5(C)[C@H]4CC(=O)[C@]3(C)[C@H]1[C@@H]2C. The first-order valence-corrected chi connectivity index (χ1v) is 17.6. The molecule has 0 aromatic heterocycles. The summed E-state index contributed by atoms with van der Waals surface area (Å²) < 4.78 is 12.3. The van der Waals surface area contributed by atoms with Crippen LogP contribution in [0.4, 0.5) is 0 Å². The van der Waals surface area contributed by atoms with Crippen LogP contribution in [-0.2, 0) is 23.9 Å². The van der Waals surface area contributed by atoms with Crippen molar-refractivity contribution in [2.45, 2.75) is 110 Å². The van der Waals surface area contributed by atoms with Crippen LogP contribution in [0.5, 0.6) is 0 Å². The first kappa shape index (κ1) is 28.9. The molecular formula is C35H53N3O5. The van der Waals surface area contributed by atoms with Gasteiger partial charge in [-0.3, -0.25) is 19.7 Å². The van der Waals surface area contributed by atoms with Gasteiger partial charge in [0, 0.05) is 49.3 Å². The average molecular weight is 596 g/mol. The van der Waals surface area contributed by atoms with Crippen LogP contribution < -0.4 is 10.6 Å². The van der Waals surface area contributed by atoms with E-state index >= 15 is 0 Å². The molecule has 0 aromatic carbocycles. The number of piperidine rings is 1. The summed E-state index contributed by atoms with van der Waals surface area (Å²) in [5, 5.41) is 7.05. The van der Waals surface area contributed by atoms with Crippen LogP contribution in [0.2, 0.25) is 0 Å². The number of hydrogen-bond acceptors (Lipinski definition) is 6. The molecule has 0 bridgehead atoms. The zero-order chi connectivity index (χ0) is 29.9. The molecule has 12 atom stereocenters. The lowest BCUT2D eigenvalue weighted by atomic mass is 9.44. The van der Waals surface area contributed by atoms with E-state index in [1.807, 2.05) is 4.90 Å². The molecule has 4 saturated carbocycles. The second-order valence-electron chi connectivity index (χ2n) is 17.1. The molecule has 4 aliphatic carbocycles. The molecule has 8 rings (SSSR count). The van der Waals surface area contributed by atoms with Gasteiger partial charge in [-0.2, -0.15) is 0 Å². The molecule has 8 aliphatic rings. The lowest BCUT2D eigenvalue weighted by Crippen LogP contribution is -2.67. The van der Waals surface area contributed by atoms with Crippen molar-refractivity contribution in [1.82, 2.24) is 15.5 Å². The number of ether oxygens (including phenoxy) is 2. The summed E-state index contributed by atoms with van der Waals surface area (Å²) in [6.07, 6.45) is 9.47. The molecule has 238 valence electrons. The quantitative estimate of drug-likeness (QED) is 0.481. The Balaban J connectivity index is 0.913. The van der Waals surface area contributed by atoms with Gasteiger partial charge < -0.3 is 19.7 Å². The molecule has 43 heavy (non-hydrogen) atoms. The van der Waals surface area contributed by atoms with Gasteiger partial charge in [-0.05, 0) is 86.4 Å². The number of likely N-dealkylation sites (tertiary alicyclic amines) is 1. The number of hydrogen-bond donors (Lipinski definition) is 2. The van der Waals surface area contributed by atoms with E-state index in [9.17, 15) is 14.4 Å². The van der Waals surface area contributed by atoms with Crippen molar-refractivity contribution in [2.75, 3.05) is 32.8 Å². The van der Waals surface area contributed by atoms with E-state index in [0.717, 1.165) is 65.0 Å². The lowest BCUT2D eigenvalue weighted by molar-refractivity contribution is -0.195. The normalized spacial score (nSPS) is 51.1. The Hall–Kier alpha value is -1.51. The van der Waals surface area contributed by atoms with Crippen LogP contribution in [0.15, 0.2) is 0 Å². The summed E-state index contributed by atoms with van der Waals surface area (Å²) in [6.45, 7) is 13.4. The highest BCUT2D eigenvalue weighted by Gasteiger charge is 2.71. The molecule has 0 aromatic rings. The Morgan fingerprint density at radius 3 is 2.51 bits per heavy atom. The lowest BCUT2D eigenvalue weighted by Gasteiger charge is -2.60. The van der Waals surface area contributed by atoms with Crippen molar-refractivity contribution in [2.24, 2.45) is 57.7 Å². The third-order valence-corrected chi connectivity index (χ3v) is 14.9. The summed E-state index contributed by atoms with van der Waals surface area (Å²) in [4.78, 5) is 41.7. The first-order chi connectivity index (χ1) is 20.5. The van der Waals surface area contributed by atoms with Crippen molar-refractivity contribution in [1.29, 1.82) is 0 Å². The highest BCUT2D eigenvalue weighted by molar-refractivity contribution is 5.97. The molecule has 0 radical (unpaired) electrons. The molecule has 2 spiro atoms. The van der Waals surface area contributed by atoms with Gasteiger partial charge in [0.05, 0.1) is 24.7 Å². The highest BCUT2D eigenvalue weighted by Crippen LogP contribution is 2.70. The van der Waals surface area contributed by atoms with Gasteiger partial charge in [0.1, 0.15) is 17.9 Å². The average Bonchev–Trinajstić information content (AvgIpc) is 3.36. The Morgan fingerprint density at radius 2 is 1.81 bits per heavy atom. The summed E-state index contributed by atoms with van der Waals surface area (Å²) in [5.74, 6) is 3.62. The number of Topliss-reactive ketones (excluding diaryl/α,β-unsaturated/α-hetero) is 1. The number of fused-ring (bicyclic) bond motifs is 7. The molecule has 4 saturated heterocycles. The molecule has 2 N–H and O–H groups in total. The molecular weight excluding hydrogens is 542 g/mol. The minimum Gasteiger partial charge on any atom is -0.380 e. The summed E-state index contributed by atoms with van der Waals surface area (Å²) in [6, 6.07) is 0.129. The molecule has 8 fully saturated rings. The van der Waals surface area contributed by atoms with E-state index in [0.29, 0.717) is 53.6 Å². The Morgan fingerprint density at radius 1 is 1.02 bits per heavy atom. The number of ketones is 1. The van der Waals surface area contributed by atoms with Gasteiger partial charge in [-0.25, -0.2) is 0 Å². The van der Waals surface area contributed by atoms with Crippen molar-refractivity contribution in [3.05, 3.63) is 0 Å². The predicted molar refractivity (Wildman–Crippen MR) is 161 cm³/mol. The van der Waals surface area contributed by atoms with Crippen molar-refractivity contribution >= 4 is 17.6 Å². The molecule has 4 heterocycles. The van der Waals surface area contributed by atoms with E-state index < -0.39 is 0 Å². The van der Waals surface area contributed by atoms with Gasteiger partial charge >= 0.3 is 0 Å². The maximum atomic E-state index is 14.4. The largest absolute Gasteiger partial charge is 0.380 e. The summed E-state index contributed by atoms with van der Waals surface area (Å²) >= 11 is 0. The fraction of sp³-hybridized carbons (Fsp3) is 0.914. The van der Waals surface area contributed by atoms with Crippen LogP contribution in [0.25, 0.3) is 0 Å². The Labute approximate surface area is 257 Å². The van der Waals surface area contributed by atoms with Gasteiger partial charge in [0.2, 0.25) is 11.8 Å². The maximum Gasteiger partial charge on any atom is 0.232 e. The zero-order valence-corrected chi connectivity index (χ0v) is 26.8.